The van der Waals surface area contributed by atoms with Crippen LogP contribution in [0.15, 0.2) is 48.5 Å². The van der Waals surface area contributed by atoms with Gasteiger partial charge in [-0.15, -0.1) is 0 Å². The Hall–Kier alpha value is -1.80. The van der Waals surface area contributed by atoms with Gasteiger partial charge in [0.05, 0.1) is 12.7 Å². The Balaban J connectivity index is 2.22. The molecule has 0 saturated carbocycles. The largest absolute Gasteiger partial charge is 0.394 e. The summed E-state index contributed by atoms with van der Waals surface area (Å²) in [5.74, 6) is -0.198. The third-order valence-corrected chi connectivity index (χ3v) is 6.96. The summed E-state index contributed by atoms with van der Waals surface area (Å²) < 4.78 is 0. The average molecular weight is 503 g/mol. The molecule has 0 fully saturated rings. The zero-order chi connectivity index (χ0) is 26.7. The predicted molar refractivity (Wildman–Crippen MR) is 143 cm³/mol. The molecule has 0 amide bonds. The quantitative estimate of drug-likeness (QED) is 0.210. The fraction of sp³-hybridized carbons (Fsp3) is 0.600. The molecule has 6 heteroatoms. The van der Waals surface area contributed by atoms with Crippen LogP contribution in [-0.2, 0) is 25.7 Å². The third-order valence-electron chi connectivity index (χ3n) is 6.96. The summed E-state index contributed by atoms with van der Waals surface area (Å²) in [6.45, 7) is 5.64. The summed E-state index contributed by atoms with van der Waals surface area (Å²) in [6, 6.07) is 16.8. The van der Waals surface area contributed by atoms with E-state index in [-0.39, 0.29) is 11.8 Å². The normalized spacial score (nSPS) is 17.7. The van der Waals surface area contributed by atoms with Crippen LogP contribution in [0.2, 0.25) is 0 Å². The maximum Gasteiger partial charge on any atom is 0.111 e. The molecule has 0 aromatic heterocycles. The predicted octanol–water partition coefficient (Wildman–Crippen LogP) is 2.82. The number of rotatable bonds is 16. The number of benzene rings is 2. The molecular formula is C30H46O6. The first kappa shape index (κ1) is 30.4. The van der Waals surface area contributed by atoms with Crippen LogP contribution in [0.1, 0.15) is 62.3 Å². The van der Waals surface area contributed by atoms with Gasteiger partial charge in [-0.25, -0.2) is 0 Å². The van der Waals surface area contributed by atoms with Crippen molar-refractivity contribution in [1.29, 1.82) is 0 Å². The van der Waals surface area contributed by atoms with Crippen molar-refractivity contribution in [3.8, 4) is 0 Å². The molecule has 0 aliphatic rings. The Bertz CT molecular complexity index is 887. The Kier molecular flexibility index (Phi) is 13.1. The Morgan fingerprint density at radius 1 is 0.639 bits per heavy atom. The van der Waals surface area contributed by atoms with E-state index in [9.17, 15) is 25.5 Å². The molecule has 3 unspecified atom stereocenters. The van der Waals surface area contributed by atoms with E-state index < -0.39 is 37.1 Å². The van der Waals surface area contributed by atoms with Gasteiger partial charge >= 0.3 is 0 Å². The van der Waals surface area contributed by atoms with Crippen LogP contribution >= 0.6 is 0 Å². The van der Waals surface area contributed by atoms with E-state index in [0.29, 0.717) is 12.8 Å². The van der Waals surface area contributed by atoms with Crippen LogP contribution in [0, 0.1) is 11.8 Å². The van der Waals surface area contributed by atoms with Gasteiger partial charge in [-0.3, -0.25) is 0 Å². The molecule has 0 aliphatic heterocycles. The van der Waals surface area contributed by atoms with Crippen molar-refractivity contribution >= 4 is 0 Å². The van der Waals surface area contributed by atoms with Gasteiger partial charge in [0.15, 0.2) is 0 Å². The molecule has 2 aromatic carbocycles. The van der Waals surface area contributed by atoms with Gasteiger partial charge in [-0.1, -0.05) is 82.1 Å². The second kappa shape index (κ2) is 15.5. The Labute approximate surface area is 216 Å². The van der Waals surface area contributed by atoms with E-state index in [1.54, 1.807) is 0 Å². The van der Waals surface area contributed by atoms with Crippen molar-refractivity contribution < 1.29 is 30.6 Å². The lowest BCUT2D eigenvalue weighted by Gasteiger charge is -2.34. The molecular weight excluding hydrogens is 456 g/mol. The minimum atomic E-state index is -1.79. The molecule has 6 N–H and O–H groups in total. The molecule has 2 aromatic rings. The molecule has 0 heterocycles. The van der Waals surface area contributed by atoms with Crippen molar-refractivity contribution in [1.82, 2.24) is 0 Å². The summed E-state index contributed by atoms with van der Waals surface area (Å²) in [5, 5.41) is 61.2. The number of hydrogen-bond acceptors (Lipinski definition) is 6. The highest BCUT2D eigenvalue weighted by atomic mass is 16.4. The number of aliphatic hydroxyl groups excluding tert-OH is 6. The minimum Gasteiger partial charge on any atom is -0.394 e. The lowest BCUT2D eigenvalue weighted by Crippen LogP contribution is -2.52. The zero-order valence-corrected chi connectivity index (χ0v) is 22.0. The van der Waals surface area contributed by atoms with Gasteiger partial charge < -0.3 is 30.6 Å². The highest BCUT2D eigenvalue weighted by molar-refractivity contribution is 5.25. The van der Waals surface area contributed by atoms with Crippen LogP contribution in [0.5, 0.6) is 0 Å². The maximum atomic E-state index is 11.1. The van der Waals surface area contributed by atoms with E-state index >= 15 is 0 Å². The molecule has 36 heavy (non-hydrogen) atoms. The second-order valence-corrected chi connectivity index (χ2v) is 10.4. The average Bonchev–Trinajstić information content (AvgIpc) is 2.87. The lowest BCUT2D eigenvalue weighted by atomic mass is 9.80. The number of hydrogen-bond donors (Lipinski definition) is 6. The van der Waals surface area contributed by atoms with Crippen molar-refractivity contribution in [2.45, 2.75) is 96.2 Å². The summed E-state index contributed by atoms with van der Waals surface area (Å²) >= 11 is 0. The van der Waals surface area contributed by atoms with Gasteiger partial charge in [0, 0.05) is 0 Å². The van der Waals surface area contributed by atoms with Crippen molar-refractivity contribution in [3.63, 3.8) is 0 Å². The van der Waals surface area contributed by atoms with Gasteiger partial charge in [-0.2, -0.15) is 0 Å². The monoisotopic (exact) mass is 502 g/mol. The SMILES string of the molecule is CCCc1cccc(CC(C)CC(Cc2cccc(CCC)c2)C(O)[C@@H](O)[C@@H](O)[C@H](O)[C@@H](O)CO)c1. The Morgan fingerprint density at radius 3 is 1.61 bits per heavy atom. The van der Waals surface area contributed by atoms with Crippen molar-refractivity contribution in [2.75, 3.05) is 6.61 Å². The molecule has 2 rings (SSSR count). The van der Waals surface area contributed by atoms with Crippen LogP contribution in [0.3, 0.4) is 0 Å². The fourth-order valence-electron chi connectivity index (χ4n) is 5.07. The molecule has 202 valence electrons. The van der Waals surface area contributed by atoms with Crippen LogP contribution < -0.4 is 0 Å². The first-order valence-electron chi connectivity index (χ1n) is 13.4. The maximum absolute atomic E-state index is 11.1. The standard InChI is InChI=1S/C30H46O6/c1-4-8-21-10-6-12-23(16-21)14-20(3)15-25(18-24-13-7-11-22(17-24)9-5-2)27(33)29(35)30(36)28(34)26(32)19-31/h6-7,10-13,16-17,20,25-36H,4-5,8-9,14-15,18-19H2,1-3H3/t20?,25?,26-,27?,28+,29+,30-/m0/s1. The lowest BCUT2D eigenvalue weighted by molar-refractivity contribution is -0.149. The Morgan fingerprint density at radius 2 is 1.11 bits per heavy atom. The van der Waals surface area contributed by atoms with E-state index in [4.69, 9.17) is 5.11 Å². The van der Waals surface area contributed by atoms with Gasteiger partial charge in [-0.05, 0) is 66.2 Å². The summed E-state index contributed by atoms with van der Waals surface area (Å²) in [7, 11) is 0. The summed E-state index contributed by atoms with van der Waals surface area (Å²) in [5.41, 5.74) is 4.79. The topological polar surface area (TPSA) is 121 Å². The smallest absolute Gasteiger partial charge is 0.111 e. The molecule has 0 aliphatic carbocycles. The van der Waals surface area contributed by atoms with E-state index in [0.717, 1.165) is 37.7 Å². The van der Waals surface area contributed by atoms with E-state index in [2.05, 4.69) is 57.2 Å². The third kappa shape index (κ3) is 9.25. The molecule has 0 spiro atoms. The minimum absolute atomic E-state index is 0.192. The van der Waals surface area contributed by atoms with Gasteiger partial charge in [0.1, 0.15) is 24.4 Å². The highest BCUT2D eigenvalue weighted by Crippen LogP contribution is 2.27. The van der Waals surface area contributed by atoms with Gasteiger partial charge in [0.2, 0.25) is 0 Å². The highest BCUT2D eigenvalue weighted by Gasteiger charge is 2.37. The van der Waals surface area contributed by atoms with Gasteiger partial charge in [0.25, 0.3) is 0 Å². The molecule has 0 radical (unpaired) electrons. The molecule has 7 atom stereocenters. The van der Waals surface area contributed by atoms with Crippen LogP contribution in [0.25, 0.3) is 0 Å². The molecule has 0 saturated heterocycles. The van der Waals surface area contributed by atoms with Crippen LogP contribution in [-0.4, -0.2) is 67.8 Å². The van der Waals surface area contributed by atoms with E-state index in [1.165, 1.54) is 16.7 Å². The van der Waals surface area contributed by atoms with Crippen molar-refractivity contribution in [2.24, 2.45) is 11.8 Å². The molecule has 0 bridgehead atoms. The zero-order valence-electron chi connectivity index (χ0n) is 22.0. The number of aryl methyl sites for hydroxylation is 2. The fourth-order valence-corrected chi connectivity index (χ4v) is 5.07. The first-order valence-corrected chi connectivity index (χ1v) is 13.4. The van der Waals surface area contributed by atoms with E-state index in [1.807, 2.05) is 12.1 Å². The summed E-state index contributed by atoms with van der Waals surface area (Å²) in [6.07, 6.45) is -2.16. The summed E-state index contributed by atoms with van der Waals surface area (Å²) in [4.78, 5) is 0. The second-order valence-electron chi connectivity index (χ2n) is 10.4. The molecule has 6 nitrogen and oxygen atoms in total. The van der Waals surface area contributed by atoms with Crippen LogP contribution in [0.4, 0.5) is 0 Å². The first-order chi connectivity index (χ1) is 17.2. The number of aliphatic hydroxyl groups is 6. The van der Waals surface area contributed by atoms with Crippen molar-refractivity contribution in [3.05, 3.63) is 70.8 Å².